The van der Waals surface area contributed by atoms with Gasteiger partial charge in [0.25, 0.3) is 0 Å². The average molecular weight is 249 g/mol. The summed E-state index contributed by atoms with van der Waals surface area (Å²) in [5.41, 5.74) is 2.27. The lowest BCUT2D eigenvalue weighted by molar-refractivity contribution is -0.109. The minimum atomic E-state index is -0.193. The van der Waals surface area contributed by atoms with Gasteiger partial charge < -0.3 is 16.0 Å². The van der Waals surface area contributed by atoms with Crippen LogP contribution in [0.2, 0.25) is 0 Å². The molecular formula is C13H19N3O2. The van der Waals surface area contributed by atoms with Crippen molar-refractivity contribution in [1.82, 2.24) is 16.0 Å². The van der Waals surface area contributed by atoms with E-state index >= 15 is 0 Å². The van der Waals surface area contributed by atoms with E-state index in [1.54, 1.807) is 0 Å². The van der Waals surface area contributed by atoms with Gasteiger partial charge in [-0.25, -0.2) is 4.79 Å². The van der Waals surface area contributed by atoms with E-state index in [1.165, 1.54) is 5.56 Å². The van der Waals surface area contributed by atoms with E-state index in [0.29, 0.717) is 26.0 Å². The first-order valence-electron chi connectivity index (χ1n) is 5.96. The van der Waals surface area contributed by atoms with E-state index in [0.717, 1.165) is 12.0 Å². The highest BCUT2D eigenvalue weighted by molar-refractivity contribution is 5.73. The van der Waals surface area contributed by atoms with Gasteiger partial charge in [0, 0.05) is 19.6 Å². The molecule has 1 rings (SSSR count). The standard InChI is InChI=1S/C13H19N3O2/c1-11-3-5-12(6-4-11)9-16-13(18)15-8-2-7-14-10-17/h3-6,10H,2,7-9H2,1H3,(H,14,17)(H2,15,16,18). The maximum Gasteiger partial charge on any atom is 0.315 e. The zero-order valence-corrected chi connectivity index (χ0v) is 10.5. The molecule has 0 spiro atoms. The Balaban J connectivity index is 2.13. The lowest BCUT2D eigenvalue weighted by Crippen LogP contribution is -2.36. The molecule has 0 unspecified atom stereocenters. The summed E-state index contributed by atoms with van der Waals surface area (Å²) >= 11 is 0. The van der Waals surface area contributed by atoms with Gasteiger partial charge in [-0.2, -0.15) is 0 Å². The molecular weight excluding hydrogens is 230 g/mol. The minimum Gasteiger partial charge on any atom is -0.359 e. The first-order chi connectivity index (χ1) is 8.72. The van der Waals surface area contributed by atoms with Crippen molar-refractivity contribution in [1.29, 1.82) is 0 Å². The van der Waals surface area contributed by atoms with Crippen molar-refractivity contribution in [2.45, 2.75) is 19.9 Å². The molecule has 0 radical (unpaired) electrons. The van der Waals surface area contributed by atoms with E-state index in [2.05, 4.69) is 16.0 Å². The summed E-state index contributed by atoms with van der Waals surface area (Å²) in [6, 6.07) is 7.81. The molecule has 1 aromatic rings. The van der Waals surface area contributed by atoms with Gasteiger partial charge in [0.05, 0.1) is 0 Å². The largest absolute Gasteiger partial charge is 0.359 e. The summed E-state index contributed by atoms with van der Waals surface area (Å²) in [5, 5.41) is 8.02. The van der Waals surface area contributed by atoms with Crippen LogP contribution in [0, 0.1) is 6.92 Å². The fourth-order valence-corrected chi connectivity index (χ4v) is 1.40. The van der Waals surface area contributed by atoms with Crippen LogP contribution in [-0.2, 0) is 11.3 Å². The average Bonchev–Trinajstić information content (AvgIpc) is 2.38. The predicted molar refractivity (Wildman–Crippen MR) is 70.1 cm³/mol. The Morgan fingerprint density at radius 3 is 2.56 bits per heavy atom. The molecule has 0 heterocycles. The van der Waals surface area contributed by atoms with Gasteiger partial charge in [0.15, 0.2) is 0 Å². The quantitative estimate of drug-likeness (QED) is 0.497. The number of carbonyl (C=O) groups is 2. The molecule has 0 saturated carbocycles. The Bertz CT molecular complexity index is 376. The number of aryl methyl sites for hydroxylation is 1. The molecule has 5 nitrogen and oxygen atoms in total. The number of amides is 3. The van der Waals surface area contributed by atoms with Gasteiger partial charge in [-0.3, -0.25) is 4.79 Å². The van der Waals surface area contributed by atoms with Crippen molar-refractivity contribution in [3.05, 3.63) is 35.4 Å². The summed E-state index contributed by atoms with van der Waals surface area (Å²) in [6.45, 7) is 3.65. The Hall–Kier alpha value is -2.04. The lowest BCUT2D eigenvalue weighted by atomic mass is 10.1. The van der Waals surface area contributed by atoms with Gasteiger partial charge in [0.2, 0.25) is 6.41 Å². The molecule has 0 saturated heterocycles. The van der Waals surface area contributed by atoms with Crippen LogP contribution in [0.4, 0.5) is 4.79 Å². The van der Waals surface area contributed by atoms with Crippen LogP contribution in [-0.4, -0.2) is 25.5 Å². The molecule has 3 N–H and O–H groups in total. The molecule has 1 aromatic carbocycles. The molecule has 0 fully saturated rings. The second-order valence-electron chi connectivity index (χ2n) is 4.02. The maximum atomic E-state index is 11.4. The Labute approximate surface area is 107 Å². The van der Waals surface area contributed by atoms with Crippen molar-refractivity contribution in [3.8, 4) is 0 Å². The van der Waals surface area contributed by atoms with Crippen molar-refractivity contribution in [2.24, 2.45) is 0 Å². The molecule has 0 atom stereocenters. The van der Waals surface area contributed by atoms with Crippen LogP contribution in [0.1, 0.15) is 17.5 Å². The Morgan fingerprint density at radius 2 is 1.89 bits per heavy atom. The number of rotatable bonds is 7. The fraction of sp³-hybridized carbons (Fsp3) is 0.385. The molecule has 0 aliphatic carbocycles. The van der Waals surface area contributed by atoms with Crippen LogP contribution in [0.25, 0.3) is 0 Å². The van der Waals surface area contributed by atoms with Gasteiger partial charge in [-0.1, -0.05) is 29.8 Å². The topological polar surface area (TPSA) is 70.2 Å². The molecule has 5 heteroatoms. The van der Waals surface area contributed by atoms with Crippen molar-refractivity contribution >= 4 is 12.4 Å². The van der Waals surface area contributed by atoms with Gasteiger partial charge >= 0.3 is 6.03 Å². The monoisotopic (exact) mass is 249 g/mol. The van der Waals surface area contributed by atoms with Crippen LogP contribution < -0.4 is 16.0 Å². The maximum absolute atomic E-state index is 11.4. The first-order valence-corrected chi connectivity index (χ1v) is 5.96. The summed E-state index contributed by atoms with van der Waals surface area (Å²) < 4.78 is 0. The number of benzene rings is 1. The lowest BCUT2D eigenvalue weighted by Gasteiger charge is -2.07. The molecule has 0 aliphatic heterocycles. The van der Waals surface area contributed by atoms with Crippen molar-refractivity contribution in [2.75, 3.05) is 13.1 Å². The van der Waals surface area contributed by atoms with Gasteiger partial charge in [-0.15, -0.1) is 0 Å². The third-order valence-corrected chi connectivity index (χ3v) is 2.44. The molecule has 0 bridgehead atoms. The Morgan fingerprint density at radius 1 is 1.17 bits per heavy atom. The highest BCUT2D eigenvalue weighted by atomic mass is 16.2. The molecule has 18 heavy (non-hydrogen) atoms. The van der Waals surface area contributed by atoms with Gasteiger partial charge in [0.1, 0.15) is 0 Å². The van der Waals surface area contributed by atoms with E-state index in [9.17, 15) is 9.59 Å². The number of hydrogen-bond acceptors (Lipinski definition) is 2. The fourth-order valence-electron chi connectivity index (χ4n) is 1.40. The number of urea groups is 1. The normalized spacial score (nSPS) is 9.61. The molecule has 98 valence electrons. The number of carbonyl (C=O) groups excluding carboxylic acids is 2. The van der Waals surface area contributed by atoms with Gasteiger partial charge in [-0.05, 0) is 18.9 Å². The van der Waals surface area contributed by atoms with Crippen LogP contribution >= 0.6 is 0 Å². The number of nitrogens with one attached hydrogen (secondary N) is 3. The van der Waals surface area contributed by atoms with Crippen molar-refractivity contribution in [3.63, 3.8) is 0 Å². The smallest absolute Gasteiger partial charge is 0.315 e. The third-order valence-electron chi connectivity index (χ3n) is 2.44. The first kappa shape index (κ1) is 14.0. The summed E-state index contributed by atoms with van der Waals surface area (Å²) in [7, 11) is 0. The minimum absolute atomic E-state index is 0.193. The zero-order valence-electron chi connectivity index (χ0n) is 10.5. The van der Waals surface area contributed by atoms with Crippen molar-refractivity contribution < 1.29 is 9.59 Å². The predicted octanol–water partition coefficient (Wildman–Crippen LogP) is 0.930. The third kappa shape index (κ3) is 5.89. The second kappa shape index (κ2) is 8.11. The highest BCUT2D eigenvalue weighted by Crippen LogP contribution is 2.02. The molecule has 0 aliphatic rings. The van der Waals surface area contributed by atoms with E-state index < -0.39 is 0 Å². The summed E-state index contributed by atoms with van der Waals surface area (Å²) in [5.74, 6) is 0. The molecule has 3 amide bonds. The molecule has 0 aromatic heterocycles. The second-order valence-corrected chi connectivity index (χ2v) is 4.02. The summed E-state index contributed by atoms with van der Waals surface area (Å²) in [4.78, 5) is 21.4. The SMILES string of the molecule is Cc1ccc(CNC(=O)NCCCNC=O)cc1. The number of hydrogen-bond donors (Lipinski definition) is 3. The Kier molecular flexibility index (Phi) is 6.32. The van der Waals surface area contributed by atoms with Crippen LogP contribution in [0.3, 0.4) is 0 Å². The highest BCUT2D eigenvalue weighted by Gasteiger charge is 1.99. The van der Waals surface area contributed by atoms with E-state index in [-0.39, 0.29) is 6.03 Å². The van der Waals surface area contributed by atoms with Crippen LogP contribution in [0.5, 0.6) is 0 Å². The van der Waals surface area contributed by atoms with Crippen LogP contribution in [0.15, 0.2) is 24.3 Å². The zero-order chi connectivity index (χ0) is 13.2. The van der Waals surface area contributed by atoms with E-state index in [1.807, 2.05) is 31.2 Å². The van der Waals surface area contributed by atoms with E-state index in [4.69, 9.17) is 0 Å². The summed E-state index contributed by atoms with van der Waals surface area (Å²) in [6.07, 6.45) is 1.37.